The van der Waals surface area contributed by atoms with Crippen molar-refractivity contribution < 1.29 is 27.6 Å². The quantitative estimate of drug-likeness (QED) is 0.241. The van der Waals surface area contributed by atoms with Crippen molar-refractivity contribution in [2.45, 2.75) is 13.1 Å². The van der Waals surface area contributed by atoms with Crippen LogP contribution in [0.3, 0.4) is 0 Å². The summed E-state index contributed by atoms with van der Waals surface area (Å²) < 4.78 is 40.6. The second kappa shape index (κ2) is 10.3. The van der Waals surface area contributed by atoms with Crippen molar-refractivity contribution in [2.75, 3.05) is 16.1 Å². The van der Waals surface area contributed by atoms with Gasteiger partial charge in [-0.3, -0.25) is 19.8 Å². The van der Waals surface area contributed by atoms with Crippen LogP contribution in [0.1, 0.15) is 21.6 Å². The van der Waals surface area contributed by atoms with E-state index in [-0.39, 0.29) is 11.4 Å². The van der Waals surface area contributed by atoms with Crippen molar-refractivity contribution >= 4 is 67.5 Å². The maximum atomic E-state index is 13.2. The molecule has 0 unspecified atom stereocenters. The number of nitrogens with zero attached hydrogens (tertiary/aromatic N) is 1. The van der Waals surface area contributed by atoms with E-state index in [1.165, 1.54) is 18.2 Å². The number of aromatic nitrogens is 1. The Morgan fingerprint density at radius 2 is 1.68 bits per heavy atom. The fourth-order valence-electron chi connectivity index (χ4n) is 3.50. The van der Waals surface area contributed by atoms with Gasteiger partial charge in [-0.2, -0.15) is 13.2 Å². The monoisotopic (exact) mass is 592 g/mol. The lowest BCUT2D eigenvalue weighted by Gasteiger charge is -2.14. The predicted molar refractivity (Wildman–Crippen MR) is 138 cm³/mol. The molecule has 3 amide bonds. The van der Waals surface area contributed by atoms with Crippen LogP contribution < -0.4 is 16.1 Å². The summed E-state index contributed by atoms with van der Waals surface area (Å²) >= 11 is 9.46. The summed E-state index contributed by atoms with van der Waals surface area (Å²) in [5.41, 5.74) is 2.90. The number of hydrogen-bond donors (Lipinski definition) is 3. The second-order valence-electron chi connectivity index (χ2n) is 7.98. The van der Waals surface area contributed by atoms with E-state index in [0.717, 1.165) is 22.4 Å². The number of aryl methyl sites for hydroxylation is 1. The maximum absolute atomic E-state index is 13.2. The van der Waals surface area contributed by atoms with Gasteiger partial charge in [0.05, 0.1) is 16.8 Å². The van der Waals surface area contributed by atoms with Crippen LogP contribution in [-0.2, 0) is 15.8 Å². The van der Waals surface area contributed by atoms with Crippen molar-refractivity contribution in [3.8, 4) is 0 Å². The summed E-state index contributed by atoms with van der Waals surface area (Å²) in [4.78, 5) is 38.3. The minimum Gasteiger partial charge on any atom is -0.320 e. The highest BCUT2D eigenvalue weighted by atomic mass is 79.9. The summed E-state index contributed by atoms with van der Waals surface area (Å²) in [5.74, 6) is -3.05. The smallest absolute Gasteiger partial charge is 0.320 e. The zero-order valence-corrected chi connectivity index (χ0v) is 21.3. The van der Waals surface area contributed by atoms with E-state index in [4.69, 9.17) is 11.6 Å². The average molecular weight is 594 g/mol. The van der Waals surface area contributed by atoms with E-state index >= 15 is 0 Å². The third-order valence-corrected chi connectivity index (χ3v) is 6.13. The highest BCUT2D eigenvalue weighted by Crippen LogP contribution is 2.31. The van der Waals surface area contributed by atoms with Crippen LogP contribution in [0.15, 0.2) is 71.2 Å². The van der Waals surface area contributed by atoms with Crippen LogP contribution in [0.25, 0.3) is 10.9 Å². The zero-order valence-electron chi connectivity index (χ0n) is 18.9. The van der Waals surface area contributed by atoms with Crippen molar-refractivity contribution in [1.82, 2.24) is 4.68 Å². The average Bonchev–Trinajstić information content (AvgIpc) is 3.17. The van der Waals surface area contributed by atoms with Gasteiger partial charge in [0, 0.05) is 20.6 Å². The number of halogens is 5. The van der Waals surface area contributed by atoms with E-state index in [1.807, 2.05) is 13.0 Å². The van der Waals surface area contributed by atoms with Gasteiger partial charge in [-0.1, -0.05) is 23.7 Å². The summed E-state index contributed by atoms with van der Waals surface area (Å²) in [6.07, 6.45) is -4.62. The molecule has 1 aromatic heterocycles. The van der Waals surface area contributed by atoms with E-state index < -0.39 is 29.5 Å². The van der Waals surface area contributed by atoms with E-state index in [2.05, 4.69) is 32.0 Å². The number of alkyl halides is 3. The Hall–Kier alpha value is -3.83. The van der Waals surface area contributed by atoms with Gasteiger partial charge in [-0.05, 0) is 83.0 Å². The molecule has 3 aromatic carbocycles. The fraction of sp³-hybridized carbons (Fsp3) is 0.0800. The molecule has 0 spiro atoms. The third-order valence-electron chi connectivity index (χ3n) is 5.24. The van der Waals surface area contributed by atoms with Gasteiger partial charge in [-0.15, -0.1) is 0 Å². The molecule has 0 radical (unpaired) electrons. The molecule has 0 aliphatic heterocycles. The van der Waals surface area contributed by atoms with Gasteiger partial charge in [0.1, 0.15) is 5.69 Å². The van der Waals surface area contributed by atoms with E-state index in [1.54, 1.807) is 24.3 Å². The topological polar surface area (TPSA) is 92.2 Å². The van der Waals surface area contributed by atoms with Gasteiger partial charge in [0.25, 0.3) is 5.91 Å². The summed E-state index contributed by atoms with van der Waals surface area (Å²) in [6, 6.07) is 15.3. The summed E-state index contributed by atoms with van der Waals surface area (Å²) in [7, 11) is 0. The Bertz CT molecular complexity index is 1550. The Labute approximate surface area is 221 Å². The molecule has 0 aliphatic rings. The summed E-state index contributed by atoms with van der Waals surface area (Å²) in [5, 5.41) is 5.75. The fourth-order valence-corrected chi connectivity index (χ4v) is 4.27. The van der Waals surface area contributed by atoms with E-state index in [0.29, 0.717) is 32.2 Å². The maximum Gasteiger partial charge on any atom is 0.416 e. The lowest BCUT2D eigenvalue weighted by Crippen LogP contribution is -2.36. The van der Waals surface area contributed by atoms with Crippen LogP contribution in [-0.4, -0.2) is 22.4 Å². The molecule has 4 aromatic rings. The zero-order chi connectivity index (χ0) is 26.9. The number of carbonyl (C=O) groups excluding carboxylic acids is 3. The molecule has 0 aliphatic carbocycles. The highest BCUT2D eigenvalue weighted by Gasteiger charge is 2.30. The largest absolute Gasteiger partial charge is 0.416 e. The second-order valence-corrected chi connectivity index (χ2v) is 9.27. The first-order valence-corrected chi connectivity index (χ1v) is 11.8. The molecule has 7 nitrogen and oxygen atoms in total. The normalized spacial score (nSPS) is 11.3. The predicted octanol–water partition coefficient (Wildman–Crippen LogP) is 6.35. The van der Waals surface area contributed by atoms with Gasteiger partial charge >= 0.3 is 18.0 Å². The van der Waals surface area contributed by atoms with Crippen molar-refractivity contribution in [1.29, 1.82) is 0 Å². The van der Waals surface area contributed by atoms with Gasteiger partial charge in [-0.25, -0.2) is 4.68 Å². The lowest BCUT2D eigenvalue weighted by molar-refractivity contribution is -0.137. The van der Waals surface area contributed by atoms with Crippen LogP contribution >= 0.6 is 27.5 Å². The first-order valence-electron chi connectivity index (χ1n) is 10.6. The number of benzene rings is 3. The third kappa shape index (κ3) is 5.95. The molecule has 0 fully saturated rings. The molecule has 4 rings (SSSR count). The molecule has 0 saturated carbocycles. The standard InChI is InChI=1S/C25H17BrClF3N4O3/c1-13-5-7-19(18(26)9-13)32-22(35)21-11-14-10-16(27)6-8-20(14)34(21)33-24(37)23(36)31-17-4-2-3-15(12-17)25(28,29)30/h2-12H,1H3,(H,31,36)(H,32,35)(H,33,37). The number of nitrogens with one attached hydrogen (secondary N) is 3. The molecule has 0 atom stereocenters. The Balaban J connectivity index is 1.61. The van der Waals surface area contributed by atoms with Crippen LogP contribution in [0, 0.1) is 6.92 Å². The van der Waals surface area contributed by atoms with Gasteiger partial charge < -0.3 is 10.6 Å². The number of fused-ring (bicyclic) bond motifs is 1. The van der Waals surface area contributed by atoms with Crippen LogP contribution in [0.4, 0.5) is 24.5 Å². The molecule has 3 N–H and O–H groups in total. The molecule has 12 heteroatoms. The number of amides is 3. The Morgan fingerprint density at radius 1 is 0.919 bits per heavy atom. The molecule has 0 bridgehead atoms. The molecule has 37 heavy (non-hydrogen) atoms. The lowest BCUT2D eigenvalue weighted by atomic mass is 10.2. The van der Waals surface area contributed by atoms with Crippen molar-refractivity contribution in [2.24, 2.45) is 0 Å². The SMILES string of the molecule is Cc1ccc(NC(=O)c2cc3cc(Cl)ccc3n2NC(=O)C(=O)Nc2cccc(C(F)(F)F)c2)c(Br)c1. The molecular formula is C25H17BrClF3N4O3. The van der Waals surface area contributed by atoms with Crippen LogP contribution in [0.5, 0.6) is 0 Å². The number of anilines is 2. The van der Waals surface area contributed by atoms with Gasteiger partial charge in [0.15, 0.2) is 0 Å². The minimum absolute atomic E-state index is 0.0232. The highest BCUT2D eigenvalue weighted by molar-refractivity contribution is 9.10. The Kier molecular flexibility index (Phi) is 7.28. The van der Waals surface area contributed by atoms with E-state index in [9.17, 15) is 27.6 Å². The molecule has 190 valence electrons. The van der Waals surface area contributed by atoms with Crippen molar-refractivity contribution in [3.63, 3.8) is 0 Å². The number of rotatable bonds is 4. The van der Waals surface area contributed by atoms with Crippen LogP contribution in [0.2, 0.25) is 5.02 Å². The first-order chi connectivity index (χ1) is 17.4. The molecule has 0 saturated heterocycles. The van der Waals surface area contributed by atoms with Crippen molar-refractivity contribution in [3.05, 3.63) is 93.0 Å². The minimum atomic E-state index is -4.62. The Morgan fingerprint density at radius 3 is 2.38 bits per heavy atom. The molecular weight excluding hydrogens is 577 g/mol. The number of hydrogen-bond acceptors (Lipinski definition) is 3. The first kappa shape index (κ1) is 26.2. The van der Waals surface area contributed by atoms with Gasteiger partial charge in [0.2, 0.25) is 0 Å². The number of carbonyl (C=O) groups is 3. The molecule has 1 heterocycles. The summed E-state index contributed by atoms with van der Waals surface area (Å²) in [6.45, 7) is 1.89.